The van der Waals surface area contributed by atoms with E-state index >= 15 is 0 Å². The minimum atomic E-state index is 1.12. The Hall–Kier alpha value is -6.70. The molecule has 0 saturated heterocycles. The highest BCUT2D eigenvalue weighted by molar-refractivity contribution is 6.27. The lowest BCUT2D eigenvalue weighted by atomic mass is 9.92. The fraction of sp³-hybridized carbons (Fsp3) is 0. The molecule has 1 nitrogen and oxygen atoms in total. The maximum Gasteiger partial charge on any atom is 0.0468 e. The predicted octanol–water partition coefficient (Wildman–Crippen LogP) is 14.3. The van der Waals surface area contributed by atoms with Crippen LogP contribution in [-0.2, 0) is 0 Å². The van der Waals surface area contributed by atoms with Gasteiger partial charge in [-0.25, -0.2) is 0 Å². The average molecular weight is 648 g/mol. The summed E-state index contributed by atoms with van der Waals surface area (Å²) in [6.45, 7) is 0. The molecule has 0 aliphatic carbocycles. The maximum atomic E-state index is 2.42. The van der Waals surface area contributed by atoms with Gasteiger partial charge >= 0.3 is 0 Å². The number of anilines is 3. The quantitative estimate of drug-likeness (QED) is 0.168. The molecule has 0 amide bonds. The molecule has 0 aromatic heterocycles. The van der Waals surface area contributed by atoms with Crippen molar-refractivity contribution in [3.8, 4) is 22.3 Å². The minimum Gasteiger partial charge on any atom is -0.310 e. The van der Waals surface area contributed by atoms with E-state index in [1.165, 1.54) is 76.1 Å². The SMILES string of the molecule is c1ccc(-c2cccc(N(c3ccc4cc(-c5ccccc5)ccc4c3)c3ccc4ccc5ccc6ccc7ccccc7c6c5c4c3)c2)cc1. The molecule has 0 unspecified atom stereocenters. The number of rotatable bonds is 5. The first-order valence-corrected chi connectivity index (χ1v) is 17.6. The van der Waals surface area contributed by atoms with E-state index in [1.807, 2.05) is 0 Å². The molecule has 0 N–H and O–H groups in total. The molecular formula is C50H33N. The summed E-state index contributed by atoms with van der Waals surface area (Å²) in [5.74, 6) is 0. The van der Waals surface area contributed by atoms with Crippen molar-refractivity contribution in [3.63, 3.8) is 0 Å². The number of benzene rings is 10. The summed E-state index contributed by atoms with van der Waals surface area (Å²) in [5, 5.41) is 12.6. The van der Waals surface area contributed by atoms with E-state index in [0.29, 0.717) is 0 Å². The van der Waals surface area contributed by atoms with Crippen LogP contribution in [0.15, 0.2) is 200 Å². The first kappa shape index (κ1) is 29.2. The third kappa shape index (κ3) is 5.10. The van der Waals surface area contributed by atoms with Crippen molar-refractivity contribution >= 4 is 70.9 Å². The number of nitrogens with zero attached hydrogens (tertiary/aromatic N) is 1. The summed E-state index contributed by atoms with van der Waals surface area (Å²) >= 11 is 0. The highest BCUT2D eigenvalue weighted by atomic mass is 15.1. The van der Waals surface area contributed by atoms with Gasteiger partial charge in [-0.1, -0.05) is 158 Å². The molecule has 0 bridgehead atoms. The highest BCUT2D eigenvalue weighted by Gasteiger charge is 2.17. The number of fused-ring (bicyclic) bond motifs is 8. The Bertz CT molecular complexity index is 2900. The van der Waals surface area contributed by atoms with Crippen molar-refractivity contribution < 1.29 is 0 Å². The predicted molar refractivity (Wildman–Crippen MR) is 220 cm³/mol. The first-order valence-electron chi connectivity index (χ1n) is 17.6. The zero-order chi connectivity index (χ0) is 33.7. The second kappa shape index (κ2) is 12.0. The van der Waals surface area contributed by atoms with Crippen molar-refractivity contribution in [3.05, 3.63) is 200 Å². The zero-order valence-electron chi connectivity index (χ0n) is 28.0. The third-order valence-electron chi connectivity index (χ3n) is 10.3. The Kier molecular flexibility index (Phi) is 6.89. The maximum absolute atomic E-state index is 2.42. The molecular weight excluding hydrogens is 615 g/mol. The van der Waals surface area contributed by atoms with Crippen molar-refractivity contribution in [2.45, 2.75) is 0 Å². The molecule has 0 radical (unpaired) electrons. The molecule has 0 fully saturated rings. The van der Waals surface area contributed by atoms with Gasteiger partial charge in [0.05, 0.1) is 0 Å². The van der Waals surface area contributed by atoms with Crippen LogP contribution >= 0.6 is 0 Å². The molecule has 10 aromatic rings. The monoisotopic (exact) mass is 647 g/mol. The number of hydrogen-bond acceptors (Lipinski definition) is 1. The lowest BCUT2D eigenvalue weighted by molar-refractivity contribution is 1.29. The van der Waals surface area contributed by atoms with Crippen molar-refractivity contribution in [2.75, 3.05) is 4.90 Å². The molecule has 51 heavy (non-hydrogen) atoms. The molecule has 0 heterocycles. The van der Waals surface area contributed by atoms with E-state index in [-0.39, 0.29) is 0 Å². The summed E-state index contributed by atoms with van der Waals surface area (Å²) in [5.41, 5.74) is 8.21. The van der Waals surface area contributed by atoms with Crippen LogP contribution in [-0.4, -0.2) is 0 Å². The molecule has 0 aliphatic rings. The van der Waals surface area contributed by atoms with Gasteiger partial charge in [0.2, 0.25) is 0 Å². The summed E-state index contributed by atoms with van der Waals surface area (Å²) in [6, 6.07) is 73.1. The molecule has 0 saturated carbocycles. The average Bonchev–Trinajstić information content (AvgIpc) is 3.21. The van der Waals surface area contributed by atoms with Gasteiger partial charge < -0.3 is 4.90 Å². The van der Waals surface area contributed by atoms with Crippen molar-refractivity contribution in [1.29, 1.82) is 0 Å². The zero-order valence-corrected chi connectivity index (χ0v) is 28.0. The van der Waals surface area contributed by atoms with Crippen LogP contribution in [0.2, 0.25) is 0 Å². The lowest BCUT2D eigenvalue weighted by Crippen LogP contribution is -2.10. The fourth-order valence-corrected chi connectivity index (χ4v) is 7.85. The van der Waals surface area contributed by atoms with Crippen LogP contribution in [0.1, 0.15) is 0 Å². The normalized spacial score (nSPS) is 11.5. The van der Waals surface area contributed by atoms with E-state index in [1.54, 1.807) is 0 Å². The van der Waals surface area contributed by atoms with Crippen molar-refractivity contribution in [1.82, 2.24) is 0 Å². The van der Waals surface area contributed by atoms with Crippen LogP contribution in [0.3, 0.4) is 0 Å². The van der Waals surface area contributed by atoms with Crippen LogP contribution in [0.4, 0.5) is 17.1 Å². The molecule has 238 valence electrons. The van der Waals surface area contributed by atoms with E-state index < -0.39 is 0 Å². The Morgan fingerprint density at radius 1 is 0.235 bits per heavy atom. The minimum absolute atomic E-state index is 1.12. The standard InChI is InChI=1S/C50H33N/c1-3-10-34(11-4-1)40-15-9-16-44(31-40)51(45-29-27-42-30-41(24-25-43(42)32-45)35-12-5-2-6-13-35)46-28-26-37-19-21-39-23-22-38-20-18-36-14-7-8-17-47(36)49(38)50(39)48(37)33-46/h1-33H. The summed E-state index contributed by atoms with van der Waals surface area (Å²) < 4.78 is 0. The molecule has 10 aromatic carbocycles. The third-order valence-corrected chi connectivity index (χ3v) is 10.3. The molecule has 0 atom stereocenters. The summed E-state index contributed by atoms with van der Waals surface area (Å²) in [7, 11) is 0. The van der Waals surface area contributed by atoms with Crippen LogP contribution in [0, 0.1) is 0 Å². The molecule has 1 heteroatoms. The highest BCUT2D eigenvalue weighted by Crippen LogP contribution is 2.42. The van der Waals surface area contributed by atoms with E-state index in [4.69, 9.17) is 0 Å². The van der Waals surface area contributed by atoms with Gasteiger partial charge in [0, 0.05) is 17.1 Å². The summed E-state index contributed by atoms with van der Waals surface area (Å²) in [4.78, 5) is 2.42. The fourth-order valence-electron chi connectivity index (χ4n) is 7.85. The second-order valence-electron chi connectivity index (χ2n) is 13.4. The van der Waals surface area contributed by atoms with Crippen LogP contribution < -0.4 is 4.90 Å². The Labute approximate surface area is 297 Å². The first-order chi connectivity index (χ1) is 25.3. The van der Waals surface area contributed by atoms with Gasteiger partial charge in [-0.05, 0) is 119 Å². The smallest absolute Gasteiger partial charge is 0.0468 e. The Balaban J connectivity index is 1.21. The number of hydrogen-bond donors (Lipinski definition) is 0. The van der Waals surface area contributed by atoms with Gasteiger partial charge in [0.25, 0.3) is 0 Å². The van der Waals surface area contributed by atoms with Gasteiger partial charge in [0.1, 0.15) is 0 Å². The Morgan fingerprint density at radius 2 is 0.706 bits per heavy atom. The van der Waals surface area contributed by atoms with Gasteiger partial charge in [-0.15, -0.1) is 0 Å². The Morgan fingerprint density at radius 3 is 1.43 bits per heavy atom. The second-order valence-corrected chi connectivity index (χ2v) is 13.4. The van der Waals surface area contributed by atoms with Gasteiger partial charge in [-0.2, -0.15) is 0 Å². The summed E-state index contributed by atoms with van der Waals surface area (Å²) in [6.07, 6.45) is 0. The largest absolute Gasteiger partial charge is 0.310 e. The van der Waals surface area contributed by atoms with Crippen molar-refractivity contribution in [2.24, 2.45) is 0 Å². The van der Waals surface area contributed by atoms with Crippen LogP contribution in [0.25, 0.3) is 76.1 Å². The van der Waals surface area contributed by atoms with E-state index in [2.05, 4.69) is 205 Å². The van der Waals surface area contributed by atoms with Gasteiger partial charge in [0.15, 0.2) is 0 Å². The molecule has 0 aliphatic heterocycles. The van der Waals surface area contributed by atoms with E-state index in [0.717, 1.165) is 17.1 Å². The van der Waals surface area contributed by atoms with Gasteiger partial charge in [-0.3, -0.25) is 0 Å². The molecule has 0 spiro atoms. The van der Waals surface area contributed by atoms with Crippen LogP contribution in [0.5, 0.6) is 0 Å². The molecule has 10 rings (SSSR count). The topological polar surface area (TPSA) is 3.24 Å². The van der Waals surface area contributed by atoms with E-state index in [9.17, 15) is 0 Å². The lowest BCUT2D eigenvalue weighted by Gasteiger charge is -2.27.